The van der Waals surface area contributed by atoms with Gasteiger partial charge < -0.3 is 18.4 Å². The zero-order chi connectivity index (χ0) is 24.9. The molecule has 1 aliphatic heterocycles. The zero-order valence-electron chi connectivity index (χ0n) is 16.4. The van der Waals surface area contributed by atoms with E-state index < -0.39 is 29.8 Å². The van der Waals surface area contributed by atoms with Crippen LogP contribution in [0.4, 0.5) is 5.82 Å². The largest absolute Gasteiger partial charge is 0.351 e. The van der Waals surface area contributed by atoms with Gasteiger partial charge in [0.1, 0.15) is 22.8 Å². The van der Waals surface area contributed by atoms with Gasteiger partial charge in [-0.1, -0.05) is 50.1 Å². The summed E-state index contributed by atoms with van der Waals surface area (Å²) in [5.41, 5.74) is -0.104. The number of rotatable bonds is 10. The molecule has 0 bridgehead atoms. The lowest BCUT2D eigenvalue weighted by molar-refractivity contribution is -0.0315. The number of halogens is 6. The highest BCUT2D eigenvalue weighted by Gasteiger charge is 2.57. The summed E-state index contributed by atoms with van der Waals surface area (Å²) in [4.78, 5) is 29.3. The van der Waals surface area contributed by atoms with E-state index in [1.807, 2.05) is 6.07 Å². The minimum absolute atomic E-state index is 0.153. The topological polar surface area (TPSA) is 91.7 Å². The number of hydrogen-bond donors (Lipinski definition) is 1. The predicted octanol–water partition coefficient (Wildman–Crippen LogP) is 8.77. The normalized spacial score (nSPS) is 21.8. The van der Waals surface area contributed by atoms with Gasteiger partial charge in [-0.2, -0.15) is 4.98 Å². The van der Waals surface area contributed by atoms with E-state index in [4.69, 9.17) is 13.1 Å². The van der Waals surface area contributed by atoms with E-state index in [9.17, 15) is 9.59 Å². The zero-order valence-corrected chi connectivity index (χ0v) is 31.6. The number of aromatic nitrogens is 2. The number of nitrogens with one attached hydrogen (secondary N) is 1. The quantitative estimate of drug-likeness (QED) is 0.109. The lowest BCUT2D eigenvalue weighted by Crippen LogP contribution is -2.40. The molecule has 0 radical (unpaired) electrons. The first-order valence-electron chi connectivity index (χ1n) is 8.95. The van der Waals surface area contributed by atoms with E-state index in [1.54, 1.807) is 36.5 Å². The lowest BCUT2D eigenvalue weighted by atomic mass is 10.2. The van der Waals surface area contributed by atoms with E-state index in [0.29, 0.717) is 5.56 Å². The van der Waals surface area contributed by atoms with Gasteiger partial charge in [-0.15, -0.1) is 0 Å². The van der Waals surface area contributed by atoms with Gasteiger partial charge in [-0.25, -0.2) is 4.79 Å². The van der Waals surface area contributed by atoms with Crippen molar-refractivity contribution in [2.45, 2.75) is 21.7 Å². The molecular formula is C16H13Br2I4N3O5P2S2. The maximum atomic E-state index is 12.9. The Balaban J connectivity index is 1.79. The van der Waals surface area contributed by atoms with Crippen LogP contribution in [0, 0.1) is 0 Å². The van der Waals surface area contributed by atoms with Crippen molar-refractivity contribution in [3.05, 3.63) is 58.6 Å². The van der Waals surface area contributed by atoms with Crippen LogP contribution in [0.15, 0.2) is 47.4 Å². The molecule has 2 heterocycles. The summed E-state index contributed by atoms with van der Waals surface area (Å²) in [5, 5.41) is 2.65. The smallest absolute Gasteiger partial charge is 0.347 e. The summed E-state index contributed by atoms with van der Waals surface area (Å²) in [6.45, 7) is 0.282. The van der Waals surface area contributed by atoms with Crippen LogP contribution in [0.3, 0.4) is 0 Å². The Kier molecular flexibility index (Phi) is 13.9. The highest BCUT2D eigenvalue weighted by Crippen LogP contribution is 2.67. The molecule has 34 heavy (non-hydrogen) atoms. The van der Waals surface area contributed by atoms with Crippen LogP contribution in [0.2, 0.25) is 0 Å². The van der Waals surface area contributed by atoms with Crippen molar-refractivity contribution in [1.29, 1.82) is 0 Å². The van der Waals surface area contributed by atoms with Crippen LogP contribution in [0.5, 0.6) is 0 Å². The third-order valence-corrected chi connectivity index (χ3v) is 13.7. The Bertz CT molecular complexity index is 1050. The molecule has 8 nitrogen and oxygen atoms in total. The molecule has 186 valence electrons. The van der Waals surface area contributed by atoms with Crippen LogP contribution in [-0.4, -0.2) is 37.5 Å². The molecule has 1 aromatic carbocycles. The standard InChI is InChI=1S/C16H13Br2I4N3O5P2S2/c17-16(18)12(30-34-32(21)22)10(8-28-33-31(19)20)29-14(16)25-7-6-11(24-15(25)27)23-13(26)9-4-2-1-3-5-9/h1-7,10,12,14H,8H2,(H,23,24,26,27)/t10-,12-,14-/m1/s1. The van der Waals surface area contributed by atoms with Crippen molar-refractivity contribution < 1.29 is 17.9 Å². The van der Waals surface area contributed by atoms with Gasteiger partial charge >= 0.3 is 5.69 Å². The molecule has 1 amide bonds. The number of carbonyl (C=O) groups excluding carboxylic acids is 1. The van der Waals surface area contributed by atoms with E-state index in [0.717, 1.165) is 0 Å². The summed E-state index contributed by atoms with van der Waals surface area (Å²) in [6.07, 6.45) is -0.139. The second-order valence-corrected chi connectivity index (χ2v) is 45.2. The number of hydrogen-bond acceptors (Lipinski definition) is 8. The molecule has 3 rings (SSSR count). The fraction of sp³-hybridized carbons (Fsp3) is 0.312. The molecule has 18 heteroatoms. The predicted molar refractivity (Wildman–Crippen MR) is 183 cm³/mol. The van der Waals surface area contributed by atoms with Crippen LogP contribution in [0.25, 0.3) is 0 Å². The van der Waals surface area contributed by atoms with Gasteiger partial charge in [0.25, 0.3) is 5.91 Å². The molecule has 1 aliphatic rings. The molecule has 1 aromatic heterocycles. The lowest BCUT2D eigenvalue weighted by Gasteiger charge is -2.27. The molecular weight excluding hydrogens is 1110 g/mol. The third-order valence-electron chi connectivity index (χ3n) is 4.25. The van der Waals surface area contributed by atoms with Crippen LogP contribution >= 0.6 is 148 Å². The number of amides is 1. The van der Waals surface area contributed by atoms with Crippen LogP contribution < -0.4 is 11.0 Å². The number of ether oxygens (including phenoxy) is 1. The first-order chi connectivity index (χ1) is 16.1. The number of benzene rings is 1. The molecule has 0 aliphatic carbocycles. The van der Waals surface area contributed by atoms with Crippen molar-refractivity contribution in [2.24, 2.45) is 0 Å². The number of nitrogens with zero attached hydrogens (tertiary/aromatic N) is 2. The van der Waals surface area contributed by atoms with E-state index in [-0.39, 0.29) is 20.7 Å². The number of carbonyl (C=O) groups is 1. The fourth-order valence-corrected chi connectivity index (χ4v) is 9.88. The van der Waals surface area contributed by atoms with Crippen molar-refractivity contribution >= 4 is 160 Å². The monoisotopic (exact) mass is 1120 g/mol. The van der Waals surface area contributed by atoms with Gasteiger partial charge in [0.05, 0.1) is 6.61 Å². The van der Waals surface area contributed by atoms with Gasteiger partial charge in [0, 0.05) is 35.1 Å². The average Bonchev–Trinajstić information content (AvgIpc) is 3.02. The Morgan fingerprint density at radius 2 is 1.85 bits per heavy atom. The van der Waals surface area contributed by atoms with Gasteiger partial charge in [-0.05, 0) is 106 Å². The Labute approximate surface area is 275 Å². The molecule has 3 atom stereocenters. The van der Waals surface area contributed by atoms with E-state index in [1.165, 1.54) is 27.9 Å². The second-order valence-electron chi connectivity index (χ2n) is 6.38. The third kappa shape index (κ3) is 8.96. The van der Waals surface area contributed by atoms with E-state index >= 15 is 0 Å². The van der Waals surface area contributed by atoms with Crippen molar-refractivity contribution in [2.75, 3.05) is 11.9 Å². The van der Waals surface area contributed by atoms with E-state index in [2.05, 4.69) is 130 Å². The van der Waals surface area contributed by atoms with Crippen LogP contribution in [0.1, 0.15) is 16.6 Å². The fourth-order valence-electron chi connectivity index (χ4n) is 2.87. The van der Waals surface area contributed by atoms with Gasteiger partial charge in [0.15, 0.2) is 9.46 Å². The first-order valence-corrected chi connectivity index (χ1v) is 27.0. The average molecular weight is 1120 g/mol. The highest BCUT2D eigenvalue weighted by molar-refractivity contribution is 14.3. The second kappa shape index (κ2) is 15.0. The molecule has 2 aromatic rings. The van der Waals surface area contributed by atoms with Crippen LogP contribution in [-0.2, 0) is 13.1 Å². The Morgan fingerprint density at radius 3 is 2.47 bits per heavy atom. The van der Waals surface area contributed by atoms with Gasteiger partial charge in [-0.3, -0.25) is 9.36 Å². The molecule has 0 spiro atoms. The maximum Gasteiger partial charge on any atom is 0.351 e. The maximum absolute atomic E-state index is 12.9. The molecule has 1 saturated heterocycles. The molecule has 0 unspecified atom stereocenters. The minimum atomic E-state index is -0.913. The molecule has 1 fully saturated rings. The Hall–Kier alpha value is 2.89. The molecule has 1 N–H and O–H groups in total. The van der Waals surface area contributed by atoms with Crippen molar-refractivity contribution in [1.82, 2.24) is 9.55 Å². The van der Waals surface area contributed by atoms with Crippen molar-refractivity contribution in [3.8, 4) is 0 Å². The van der Waals surface area contributed by atoms with Crippen molar-refractivity contribution in [3.63, 3.8) is 0 Å². The summed E-state index contributed by atoms with van der Waals surface area (Å²) in [5.74, 6) is -0.196. The SMILES string of the molecule is O=C(Nc1ccn([C@@H]2O[C@H](COSP(I)I)[C@@H](OSP(I)I)C2(Br)Br)c(=O)n1)c1ccccc1. The number of anilines is 1. The summed E-state index contributed by atoms with van der Waals surface area (Å²) in [6, 6.07) is 10.3. The summed E-state index contributed by atoms with van der Waals surface area (Å²) in [7, 11) is 0. The Morgan fingerprint density at radius 1 is 1.18 bits per heavy atom. The minimum Gasteiger partial charge on any atom is -0.347 e. The highest BCUT2D eigenvalue weighted by atomic mass is 127. The molecule has 0 saturated carbocycles. The van der Waals surface area contributed by atoms with Gasteiger partial charge in [0.2, 0.25) is 0 Å². The number of alkyl halides is 2. The summed E-state index contributed by atoms with van der Waals surface area (Å²) < 4.78 is 17.7. The summed E-state index contributed by atoms with van der Waals surface area (Å²) >= 11 is 19.4. The first kappa shape index (κ1) is 31.4.